The first-order chi connectivity index (χ1) is 14.6. The Morgan fingerprint density at radius 3 is 1.97 bits per heavy atom. The second-order valence-electron chi connectivity index (χ2n) is 6.81. The number of para-hydroxylation sites is 1. The SMILES string of the molecule is O=S(=O)(Nc1ccccc1)c1cnn(Cc2ccccc2)c1NCc1ccccc1. The topological polar surface area (TPSA) is 76.0 Å². The molecular weight excluding hydrogens is 396 g/mol. The van der Waals surface area contributed by atoms with E-state index in [-0.39, 0.29) is 4.90 Å². The van der Waals surface area contributed by atoms with Gasteiger partial charge in [0.2, 0.25) is 0 Å². The van der Waals surface area contributed by atoms with E-state index in [0.29, 0.717) is 24.6 Å². The van der Waals surface area contributed by atoms with E-state index in [0.717, 1.165) is 11.1 Å². The molecule has 0 saturated heterocycles. The fraction of sp³-hybridized carbons (Fsp3) is 0.0870. The lowest BCUT2D eigenvalue weighted by molar-refractivity contribution is 0.601. The molecule has 6 nitrogen and oxygen atoms in total. The lowest BCUT2D eigenvalue weighted by Crippen LogP contribution is -2.16. The van der Waals surface area contributed by atoms with Crippen LogP contribution in [0.1, 0.15) is 11.1 Å². The zero-order valence-corrected chi connectivity index (χ0v) is 17.1. The van der Waals surface area contributed by atoms with Crippen molar-refractivity contribution in [2.45, 2.75) is 18.0 Å². The summed E-state index contributed by atoms with van der Waals surface area (Å²) >= 11 is 0. The predicted octanol–water partition coefficient (Wildman–Crippen LogP) is 4.34. The van der Waals surface area contributed by atoms with Crippen molar-refractivity contribution in [3.63, 3.8) is 0 Å². The van der Waals surface area contributed by atoms with Gasteiger partial charge in [-0.3, -0.25) is 4.72 Å². The van der Waals surface area contributed by atoms with Crippen molar-refractivity contribution in [2.75, 3.05) is 10.0 Å². The average molecular weight is 419 g/mol. The Morgan fingerprint density at radius 2 is 1.33 bits per heavy atom. The standard InChI is InChI=1S/C23H22N4O2S/c28-30(29,26-21-14-8-3-9-15-21)22-17-25-27(18-20-12-6-2-7-13-20)23(22)24-16-19-10-4-1-5-11-19/h1-15,17,24,26H,16,18H2. The second-order valence-corrected chi connectivity index (χ2v) is 8.46. The minimum absolute atomic E-state index is 0.109. The van der Waals surface area contributed by atoms with Crippen LogP contribution in [-0.2, 0) is 23.1 Å². The molecule has 0 unspecified atom stereocenters. The van der Waals surface area contributed by atoms with E-state index in [1.165, 1.54) is 6.20 Å². The highest BCUT2D eigenvalue weighted by Gasteiger charge is 2.23. The van der Waals surface area contributed by atoms with Gasteiger partial charge >= 0.3 is 0 Å². The van der Waals surface area contributed by atoms with E-state index in [2.05, 4.69) is 15.1 Å². The Bertz CT molecular complexity index is 1190. The molecule has 0 fully saturated rings. The summed E-state index contributed by atoms with van der Waals surface area (Å²) in [5.74, 6) is 0.450. The molecule has 152 valence electrons. The van der Waals surface area contributed by atoms with Crippen LogP contribution in [0.2, 0.25) is 0 Å². The normalized spacial score (nSPS) is 11.2. The number of aromatic nitrogens is 2. The van der Waals surface area contributed by atoms with Crippen molar-refractivity contribution in [2.24, 2.45) is 0 Å². The van der Waals surface area contributed by atoms with E-state index in [4.69, 9.17) is 0 Å². The summed E-state index contributed by atoms with van der Waals surface area (Å²) in [6.07, 6.45) is 1.39. The molecule has 30 heavy (non-hydrogen) atoms. The van der Waals surface area contributed by atoms with E-state index in [1.807, 2.05) is 66.7 Å². The monoisotopic (exact) mass is 418 g/mol. The summed E-state index contributed by atoms with van der Waals surface area (Å²) in [6.45, 7) is 0.938. The zero-order chi connectivity index (χ0) is 20.8. The van der Waals surface area contributed by atoms with Crippen molar-refractivity contribution in [1.29, 1.82) is 0 Å². The summed E-state index contributed by atoms with van der Waals surface area (Å²) in [4.78, 5) is 0.109. The molecule has 0 aliphatic carbocycles. The predicted molar refractivity (Wildman–Crippen MR) is 119 cm³/mol. The highest BCUT2D eigenvalue weighted by Crippen LogP contribution is 2.25. The molecule has 0 aliphatic rings. The molecule has 0 amide bonds. The van der Waals surface area contributed by atoms with Crippen molar-refractivity contribution < 1.29 is 8.42 Å². The van der Waals surface area contributed by atoms with Gasteiger partial charge in [-0.25, -0.2) is 13.1 Å². The molecular formula is C23H22N4O2S. The maximum absolute atomic E-state index is 13.1. The summed E-state index contributed by atoms with van der Waals surface area (Å²) in [7, 11) is -3.82. The van der Waals surface area contributed by atoms with Crippen LogP contribution < -0.4 is 10.0 Å². The molecule has 2 N–H and O–H groups in total. The van der Waals surface area contributed by atoms with E-state index < -0.39 is 10.0 Å². The fourth-order valence-corrected chi connectivity index (χ4v) is 4.29. The maximum Gasteiger partial charge on any atom is 0.267 e. The molecule has 7 heteroatoms. The van der Waals surface area contributed by atoms with Crippen molar-refractivity contribution in [1.82, 2.24) is 9.78 Å². The van der Waals surface area contributed by atoms with Gasteiger partial charge in [-0.2, -0.15) is 5.10 Å². The van der Waals surface area contributed by atoms with Crippen molar-refractivity contribution >= 4 is 21.5 Å². The van der Waals surface area contributed by atoms with Gasteiger partial charge in [0.15, 0.2) is 0 Å². The number of anilines is 2. The first kappa shape index (κ1) is 19.7. The molecule has 1 heterocycles. The summed E-state index contributed by atoms with van der Waals surface area (Å²) < 4.78 is 30.5. The summed E-state index contributed by atoms with van der Waals surface area (Å²) in [5.41, 5.74) is 2.58. The first-order valence-corrected chi connectivity index (χ1v) is 11.1. The summed E-state index contributed by atoms with van der Waals surface area (Å²) in [6, 6.07) is 28.5. The number of hydrogen-bond acceptors (Lipinski definition) is 4. The lowest BCUT2D eigenvalue weighted by atomic mass is 10.2. The number of sulfonamides is 1. The highest BCUT2D eigenvalue weighted by atomic mass is 32.2. The van der Waals surface area contributed by atoms with Crippen LogP contribution in [0.5, 0.6) is 0 Å². The quantitative estimate of drug-likeness (QED) is 0.446. The third-order valence-electron chi connectivity index (χ3n) is 4.60. The van der Waals surface area contributed by atoms with Crippen LogP contribution >= 0.6 is 0 Å². The van der Waals surface area contributed by atoms with Gasteiger partial charge in [0.1, 0.15) is 10.7 Å². The van der Waals surface area contributed by atoms with Crippen LogP contribution in [0.3, 0.4) is 0 Å². The van der Waals surface area contributed by atoms with Crippen molar-refractivity contribution in [3.8, 4) is 0 Å². The van der Waals surface area contributed by atoms with Gasteiger partial charge in [0.05, 0.1) is 12.7 Å². The third kappa shape index (κ3) is 4.69. The number of benzene rings is 3. The molecule has 4 rings (SSSR count). The number of rotatable bonds is 8. The highest BCUT2D eigenvalue weighted by molar-refractivity contribution is 7.92. The second kappa shape index (κ2) is 8.84. The molecule has 0 spiro atoms. The molecule has 0 radical (unpaired) electrons. The van der Waals surface area contributed by atoms with Gasteiger partial charge in [-0.15, -0.1) is 0 Å². The van der Waals surface area contributed by atoms with Crippen LogP contribution in [0.15, 0.2) is 102 Å². The van der Waals surface area contributed by atoms with Crippen LogP contribution in [0.4, 0.5) is 11.5 Å². The zero-order valence-electron chi connectivity index (χ0n) is 16.3. The smallest absolute Gasteiger partial charge is 0.267 e. The molecule has 3 aromatic carbocycles. The maximum atomic E-state index is 13.1. The number of hydrogen-bond donors (Lipinski definition) is 2. The average Bonchev–Trinajstić information content (AvgIpc) is 3.17. The first-order valence-electron chi connectivity index (χ1n) is 9.57. The molecule has 1 aromatic heterocycles. The minimum Gasteiger partial charge on any atom is -0.365 e. The molecule has 0 aliphatic heterocycles. The van der Waals surface area contributed by atoms with Crippen LogP contribution in [-0.4, -0.2) is 18.2 Å². The van der Waals surface area contributed by atoms with Crippen LogP contribution in [0, 0.1) is 0 Å². The van der Waals surface area contributed by atoms with Gasteiger partial charge in [0.25, 0.3) is 10.0 Å². The molecule has 4 aromatic rings. The Balaban J connectivity index is 1.66. The molecule has 0 saturated carbocycles. The minimum atomic E-state index is -3.82. The van der Waals surface area contributed by atoms with Gasteiger partial charge in [-0.1, -0.05) is 78.9 Å². The Morgan fingerprint density at radius 1 is 0.767 bits per heavy atom. The molecule has 0 atom stereocenters. The van der Waals surface area contributed by atoms with E-state index >= 15 is 0 Å². The Labute approximate surface area is 176 Å². The van der Waals surface area contributed by atoms with E-state index in [9.17, 15) is 8.42 Å². The lowest BCUT2D eigenvalue weighted by Gasteiger charge is -2.13. The van der Waals surface area contributed by atoms with E-state index in [1.54, 1.807) is 28.9 Å². The van der Waals surface area contributed by atoms with Gasteiger partial charge in [0, 0.05) is 12.2 Å². The number of nitrogens with one attached hydrogen (secondary N) is 2. The Kier molecular flexibility index (Phi) is 5.81. The van der Waals surface area contributed by atoms with Gasteiger partial charge in [-0.05, 0) is 23.3 Å². The fourth-order valence-electron chi connectivity index (χ4n) is 3.12. The number of nitrogens with zero attached hydrogens (tertiary/aromatic N) is 2. The van der Waals surface area contributed by atoms with Crippen LogP contribution in [0.25, 0.3) is 0 Å². The van der Waals surface area contributed by atoms with Gasteiger partial charge < -0.3 is 5.32 Å². The third-order valence-corrected chi connectivity index (χ3v) is 5.98. The Hall–Kier alpha value is -3.58. The summed E-state index contributed by atoms with van der Waals surface area (Å²) in [5, 5.41) is 7.64. The molecule has 0 bridgehead atoms. The van der Waals surface area contributed by atoms with Crippen molar-refractivity contribution in [3.05, 3.63) is 108 Å². The largest absolute Gasteiger partial charge is 0.365 e.